The van der Waals surface area contributed by atoms with Crippen LogP contribution in [0.15, 0.2) is 36.7 Å². The van der Waals surface area contributed by atoms with Crippen molar-refractivity contribution >= 4 is 0 Å². The van der Waals surface area contributed by atoms with Gasteiger partial charge in [0.2, 0.25) is 0 Å². The van der Waals surface area contributed by atoms with Crippen molar-refractivity contribution in [2.45, 2.75) is 32.8 Å². The maximum atomic E-state index is 10.1. The number of pyridine rings is 2. The molecule has 0 aliphatic carbocycles. The van der Waals surface area contributed by atoms with Crippen molar-refractivity contribution in [3.8, 4) is 0 Å². The first kappa shape index (κ1) is 12.7. The summed E-state index contributed by atoms with van der Waals surface area (Å²) in [7, 11) is 0. The van der Waals surface area contributed by atoms with Gasteiger partial charge in [-0.05, 0) is 42.7 Å². The van der Waals surface area contributed by atoms with Crippen molar-refractivity contribution in [2.75, 3.05) is 0 Å². The van der Waals surface area contributed by atoms with E-state index in [0.717, 1.165) is 17.7 Å². The zero-order valence-electron chi connectivity index (χ0n) is 10.8. The molecular formula is C15H18N2O. The summed E-state index contributed by atoms with van der Waals surface area (Å²) in [5, 5.41) is 10.1. The van der Waals surface area contributed by atoms with Crippen LogP contribution in [-0.4, -0.2) is 15.1 Å². The Morgan fingerprint density at radius 3 is 2.67 bits per heavy atom. The van der Waals surface area contributed by atoms with Crippen molar-refractivity contribution in [3.05, 3.63) is 59.2 Å². The van der Waals surface area contributed by atoms with E-state index in [1.54, 1.807) is 6.20 Å². The maximum absolute atomic E-state index is 10.1. The molecule has 2 aromatic rings. The minimum Gasteiger partial charge on any atom is -0.386 e. The monoisotopic (exact) mass is 242 g/mol. The van der Waals surface area contributed by atoms with Crippen LogP contribution in [0, 0.1) is 6.92 Å². The van der Waals surface area contributed by atoms with Gasteiger partial charge in [-0.3, -0.25) is 9.97 Å². The van der Waals surface area contributed by atoms with Gasteiger partial charge in [0.15, 0.2) is 0 Å². The summed E-state index contributed by atoms with van der Waals surface area (Å²) < 4.78 is 0. The highest BCUT2D eigenvalue weighted by Crippen LogP contribution is 2.16. The van der Waals surface area contributed by atoms with Crippen LogP contribution in [0.3, 0.4) is 0 Å². The van der Waals surface area contributed by atoms with Gasteiger partial charge in [0.05, 0.1) is 5.69 Å². The van der Waals surface area contributed by atoms with Gasteiger partial charge in [-0.2, -0.15) is 0 Å². The second kappa shape index (κ2) is 5.74. The smallest absolute Gasteiger partial charge is 0.101 e. The Bertz CT molecular complexity index is 508. The standard InChI is InChI=1S/C15H18N2O/c1-3-12-4-5-13(17-10-12)9-15(18)14-8-11(2)6-7-16-14/h4-8,10,15,18H,3,9H2,1-2H3. The molecule has 0 saturated carbocycles. The van der Waals surface area contributed by atoms with Gasteiger partial charge in [-0.1, -0.05) is 13.0 Å². The lowest BCUT2D eigenvalue weighted by Crippen LogP contribution is -2.05. The molecule has 2 rings (SSSR count). The Kier molecular flexibility index (Phi) is 4.05. The Labute approximate surface area is 108 Å². The minimum absolute atomic E-state index is 0.500. The van der Waals surface area contributed by atoms with E-state index in [4.69, 9.17) is 0 Å². The molecular weight excluding hydrogens is 224 g/mol. The zero-order valence-corrected chi connectivity index (χ0v) is 10.8. The summed E-state index contributed by atoms with van der Waals surface area (Å²) in [5.74, 6) is 0. The third-order valence-electron chi connectivity index (χ3n) is 2.97. The van der Waals surface area contributed by atoms with Gasteiger partial charge in [-0.15, -0.1) is 0 Å². The van der Waals surface area contributed by atoms with Crippen molar-refractivity contribution < 1.29 is 5.11 Å². The molecule has 0 radical (unpaired) electrons. The number of nitrogens with zero attached hydrogens (tertiary/aromatic N) is 2. The quantitative estimate of drug-likeness (QED) is 0.896. The van der Waals surface area contributed by atoms with E-state index in [1.165, 1.54) is 5.56 Å². The van der Waals surface area contributed by atoms with E-state index < -0.39 is 6.10 Å². The molecule has 0 saturated heterocycles. The minimum atomic E-state index is -0.593. The normalized spacial score (nSPS) is 12.4. The van der Waals surface area contributed by atoms with Gasteiger partial charge in [0.25, 0.3) is 0 Å². The van der Waals surface area contributed by atoms with Crippen LogP contribution in [0.25, 0.3) is 0 Å². The van der Waals surface area contributed by atoms with E-state index in [9.17, 15) is 5.11 Å². The van der Waals surface area contributed by atoms with Crippen LogP contribution in [0.1, 0.15) is 35.5 Å². The van der Waals surface area contributed by atoms with Crippen molar-refractivity contribution in [2.24, 2.45) is 0 Å². The van der Waals surface area contributed by atoms with Gasteiger partial charge >= 0.3 is 0 Å². The predicted octanol–water partition coefficient (Wildman–Crippen LogP) is 2.62. The predicted molar refractivity (Wildman–Crippen MR) is 71.3 cm³/mol. The van der Waals surface area contributed by atoms with Crippen molar-refractivity contribution in [1.82, 2.24) is 9.97 Å². The summed E-state index contributed by atoms with van der Waals surface area (Å²) in [6.07, 6.45) is 4.48. The molecule has 0 aromatic carbocycles. The van der Waals surface area contributed by atoms with E-state index >= 15 is 0 Å². The highest BCUT2D eigenvalue weighted by molar-refractivity contribution is 5.19. The van der Waals surface area contributed by atoms with Gasteiger partial charge in [-0.25, -0.2) is 0 Å². The average Bonchev–Trinajstić information content (AvgIpc) is 2.39. The number of aryl methyl sites for hydroxylation is 2. The summed E-state index contributed by atoms with van der Waals surface area (Å²) in [6.45, 7) is 4.09. The number of aromatic nitrogens is 2. The maximum Gasteiger partial charge on any atom is 0.101 e. The molecule has 0 amide bonds. The molecule has 0 spiro atoms. The zero-order chi connectivity index (χ0) is 13.0. The number of rotatable bonds is 4. The fourth-order valence-corrected chi connectivity index (χ4v) is 1.83. The summed E-state index contributed by atoms with van der Waals surface area (Å²) >= 11 is 0. The van der Waals surface area contributed by atoms with Gasteiger partial charge in [0.1, 0.15) is 6.10 Å². The SMILES string of the molecule is CCc1ccc(CC(O)c2cc(C)ccn2)nc1. The highest BCUT2D eigenvalue weighted by Gasteiger charge is 2.10. The van der Waals surface area contributed by atoms with Crippen LogP contribution in [0.5, 0.6) is 0 Å². The van der Waals surface area contributed by atoms with E-state index in [2.05, 4.69) is 23.0 Å². The first-order valence-electron chi connectivity index (χ1n) is 6.23. The van der Waals surface area contributed by atoms with Crippen molar-refractivity contribution in [3.63, 3.8) is 0 Å². The Balaban J connectivity index is 2.08. The van der Waals surface area contributed by atoms with Crippen molar-refractivity contribution in [1.29, 1.82) is 0 Å². The molecule has 3 heteroatoms. The number of aliphatic hydroxyl groups excluding tert-OH is 1. The second-order valence-electron chi connectivity index (χ2n) is 4.49. The topological polar surface area (TPSA) is 46.0 Å². The summed E-state index contributed by atoms with van der Waals surface area (Å²) in [4.78, 5) is 8.54. The molecule has 0 aliphatic rings. The summed E-state index contributed by atoms with van der Waals surface area (Å²) in [6, 6.07) is 7.85. The third kappa shape index (κ3) is 3.14. The Hall–Kier alpha value is -1.74. The Morgan fingerprint density at radius 2 is 2.06 bits per heavy atom. The van der Waals surface area contributed by atoms with Crippen LogP contribution < -0.4 is 0 Å². The van der Waals surface area contributed by atoms with E-state index in [1.807, 2.05) is 31.3 Å². The first-order valence-corrected chi connectivity index (χ1v) is 6.23. The van der Waals surface area contributed by atoms with E-state index in [-0.39, 0.29) is 0 Å². The molecule has 1 unspecified atom stereocenters. The largest absolute Gasteiger partial charge is 0.386 e. The molecule has 94 valence electrons. The van der Waals surface area contributed by atoms with Crippen LogP contribution >= 0.6 is 0 Å². The van der Waals surface area contributed by atoms with E-state index in [0.29, 0.717) is 12.1 Å². The van der Waals surface area contributed by atoms with Gasteiger partial charge in [0, 0.05) is 24.5 Å². The van der Waals surface area contributed by atoms with Gasteiger partial charge < -0.3 is 5.11 Å². The third-order valence-corrected chi connectivity index (χ3v) is 2.97. The Morgan fingerprint density at radius 1 is 1.22 bits per heavy atom. The number of hydrogen-bond donors (Lipinski definition) is 1. The molecule has 2 heterocycles. The highest BCUT2D eigenvalue weighted by atomic mass is 16.3. The lowest BCUT2D eigenvalue weighted by molar-refractivity contribution is 0.172. The second-order valence-corrected chi connectivity index (χ2v) is 4.49. The molecule has 2 aromatic heterocycles. The molecule has 3 nitrogen and oxygen atoms in total. The fraction of sp³-hybridized carbons (Fsp3) is 0.333. The lowest BCUT2D eigenvalue weighted by atomic mass is 10.1. The average molecular weight is 242 g/mol. The molecule has 18 heavy (non-hydrogen) atoms. The summed E-state index contributed by atoms with van der Waals surface area (Å²) in [5.41, 5.74) is 3.91. The molecule has 1 atom stereocenters. The molecule has 1 N–H and O–H groups in total. The van der Waals surface area contributed by atoms with Crippen LogP contribution in [0.2, 0.25) is 0 Å². The molecule has 0 bridgehead atoms. The number of hydrogen-bond acceptors (Lipinski definition) is 3. The fourth-order valence-electron chi connectivity index (χ4n) is 1.83. The van der Waals surface area contributed by atoms with Crippen LogP contribution in [0.4, 0.5) is 0 Å². The first-order chi connectivity index (χ1) is 8.69. The molecule has 0 fully saturated rings. The number of aliphatic hydroxyl groups is 1. The molecule has 0 aliphatic heterocycles. The van der Waals surface area contributed by atoms with Crippen LogP contribution in [-0.2, 0) is 12.8 Å². The lowest BCUT2D eigenvalue weighted by Gasteiger charge is -2.10.